The Balaban J connectivity index is 3.32. The number of nitrogens with one attached hydrogen (secondary N) is 2. The highest BCUT2D eigenvalue weighted by atomic mass is 16.1. The number of hydrogen-bond donors (Lipinski definition) is 3. The van der Waals surface area contributed by atoms with Crippen molar-refractivity contribution in [1.82, 2.24) is 4.57 Å². The summed E-state index contributed by atoms with van der Waals surface area (Å²) in [5.74, 6) is -0.564. The van der Waals surface area contributed by atoms with Crippen LogP contribution in [0.4, 0.5) is 0 Å². The first-order chi connectivity index (χ1) is 5.65. The number of primary amides is 1. The molecule has 0 aliphatic heterocycles. The minimum absolute atomic E-state index is 0.134. The van der Waals surface area contributed by atoms with Gasteiger partial charge in [-0.05, 0) is 12.1 Å². The minimum Gasteiger partial charge on any atom is -0.366 e. The Morgan fingerprint density at radius 3 is 2.75 bits per heavy atom. The molecule has 1 heterocycles. The topological polar surface area (TPSA) is 95.7 Å². The molecule has 0 bridgehead atoms. The molecule has 0 spiro atoms. The second-order valence-corrected chi connectivity index (χ2v) is 2.20. The van der Waals surface area contributed by atoms with Crippen LogP contribution in [0.25, 0.3) is 0 Å². The van der Waals surface area contributed by atoms with E-state index >= 15 is 0 Å². The zero-order valence-electron chi connectivity index (χ0n) is 6.24. The molecule has 12 heavy (non-hydrogen) atoms. The van der Waals surface area contributed by atoms with Crippen LogP contribution in [0.15, 0.2) is 18.3 Å². The summed E-state index contributed by atoms with van der Waals surface area (Å²) in [5.41, 5.74) is 5.42. The van der Waals surface area contributed by atoms with Crippen molar-refractivity contribution in [3.05, 3.63) is 29.4 Å². The molecule has 62 valence electrons. The monoisotopic (exact) mass is 164 g/mol. The predicted octanol–water partition coefficient (Wildman–Crippen LogP) is -0.478. The molecule has 0 atom stereocenters. The zero-order chi connectivity index (χ0) is 9.14. The van der Waals surface area contributed by atoms with E-state index in [-0.39, 0.29) is 11.1 Å². The van der Waals surface area contributed by atoms with Crippen molar-refractivity contribution in [2.75, 3.05) is 0 Å². The van der Waals surface area contributed by atoms with E-state index in [0.717, 1.165) is 6.34 Å². The largest absolute Gasteiger partial charge is 0.366 e. The lowest BCUT2D eigenvalue weighted by atomic mass is 10.3. The molecule has 1 aromatic rings. The fourth-order valence-electron chi connectivity index (χ4n) is 0.770. The van der Waals surface area contributed by atoms with Crippen LogP contribution in [0.1, 0.15) is 10.4 Å². The average molecular weight is 164 g/mol. The van der Waals surface area contributed by atoms with E-state index in [1.165, 1.54) is 22.9 Å². The van der Waals surface area contributed by atoms with Crippen molar-refractivity contribution in [1.29, 1.82) is 10.8 Å². The number of aromatic nitrogens is 1. The third-order valence-electron chi connectivity index (χ3n) is 1.40. The first-order valence-corrected chi connectivity index (χ1v) is 3.22. The number of nitrogens with zero attached hydrogens (tertiary/aromatic N) is 1. The fraction of sp³-hybridized carbons (Fsp3) is 0. The van der Waals surface area contributed by atoms with Crippen molar-refractivity contribution < 1.29 is 4.79 Å². The number of nitrogens with two attached hydrogens (primary N) is 1. The lowest BCUT2D eigenvalue weighted by Gasteiger charge is -1.99. The van der Waals surface area contributed by atoms with E-state index in [1.54, 1.807) is 0 Å². The summed E-state index contributed by atoms with van der Waals surface area (Å²) in [5, 5.41) is 14.2. The van der Waals surface area contributed by atoms with Crippen molar-refractivity contribution in [3.63, 3.8) is 0 Å². The summed E-state index contributed by atoms with van der Waals surface area (Å²) in [4.78, 5) is 10.7. The Morgan fingerprint density at radius 2 is 2.25 bits per heavy atom. The molecule has 0 aliphatic rings. The van der Waals surface area contributed by atoms with Gasteiger partial charge in [-0.25, -0.2) is 0 Å². The van der Waals surface area contributed by atoms with Gasteiger partial charge in [-0.15, -0.1) is 0 Å². The van der Waals surface area contributed by atoms with E-state index in [4.69, 9.17) is 16.6 Å². The average Bonchev–Trinajstić information content (AvgIpc) is 2.05. The summed E-state index contributed by atoms with van der Waals surface area (Å²) in [6, 6.07) is 2.86. The molecule has 0 aromatic carbocycles. The van der Waals surface area contributed by atoms with E-state index in [2.05, 4.69) is 0 Å². The first kappa shape index (κ1) is 8.19. The van der Waals surface area contributed by atoms with Gasteiger partial charge in [0.1, 0.15) is 5.49 Å². The van der Waals surface area contributed by atoms with Crippen molar-refractivity contribution >= 4 is 12.2 Å². The third-order valence-corrected chi connectivity index (χ3v) is 1.40. The highest BCUT2D eigenvalue weighted by molar-refractivity contribution is 5.92. The van der Waals surface area contributed by atoms with Gasteiger partial charge in [0, 0.05) is 6.20 Å². The molecular weight excluding hydrogens is 156 g/mol. The second kappa shape index (κ2) is 3.00. The summed E-state index contributed by atoms with van der Waals surface area (Å²) in [6.45, 7) is 0. The van der Waals surface area contributed by atoms with Crippen LogP contribution in [0.5, 0.6) is 0 Å². The van der Waals surface area contributed by atoms with Gasteiger partial charge in [-0.3, -0.25) is 20.2 Å². The molecule has 5 heteroatoms. The standard InChI is InChI=1S/C7H8N4O/c8-4-11-3-5(7(10)12)1-2-6(11)9/h1-4,8-9H,(H2,10,12). The number of carbonyl (C=O) groups is 1. The van der Waals surface area contributed by atoms with Crippen LogP contribution in [0.2, 0.25) is 0 Å². The van der Waals surface area contributed by atoms with E-state index < -0.39 is 5.91 Å². The molecular formula is C7H8N4O. The van der Waals surface area contributed by atoms with Crippen LogP contribution in [0.3, 0.4) is 0 Å². The minimum atomic E-state index is -0.564. The molecule has 1 amide bonds. The number of carbonyl (C=O) groups excluding carboxylic acids is 1. The highest BCUT2D eigenvalue weighted by Crippen LogP contribution is 1.91. The Hall–Kier alpha value is -1.91. The SMILES string of the molecule is N=Cn1cc(C(N)=O)ccc1=N. The number of hydrogen-bond acceptors (Lipinski definition) is 3. The summed E-state index contributed by atoms with van der Waals surface area (Å²) < 4.78 is 1.19. The molecule has 0 aliphatic carbocycles. The van der Waals surface area contributed by atoms with Gasteiger partial charge < -0.3 is 5.73 Å². The molecule has 0 fully saturated rings. The summed E-state index contributed by atoms with van der Waals surface area (Å²) in [7, 11) is 0. The maximum atomic E-state index is 10.7. The van der Waals surface area contributed by atoms with Gasteiger partial charge in [0.2, 0.25) is 5.91 Å². The molecule has 0 unspecified atom stereocenters. The van der Waals surface area contributed by atoms with Crippen molar-refractivity contribution in [2.45, 2.75) is 0 Å². The quantitative estimate of drug-likeness (QED) is 0.399. The van der Waals surface area contributed by atoms with Gasteiger partial charge in [0.05, 0.1) is 11.9 Å². The normalized spacial score (nSPS) is 9.33. The smallest absolute Gasteiger partial charge is 0.250 e. The second-order valence-electron chi connectivity index (χ2n) is 2.20. The van der Waals surface area contributed by atoms with E-state index in [0.29, 0.717) is 0 Å². The summed E-state index contributed by atoms with van der Waals surface area (Å²) in [6.07, 6.45) is 2.28. The van der Waals surface area contributed by atoms with Crippen molar-refractivity contribution in [3.8, 4) is 0 Å². The van der Waals surface area contributed by atoms with E-state index in [9.17, 15) is 4.79 Å². The molecule has 1 rings (SSSR count). The summed E-state index contributed by atoms with van der Waals surface area (Å²) >= 11 is 0. The molecule has 0 radical (unpaired) electrons. The highest BCUT2D eigenvalue weighted by Gasteiger charge is 1.99. The van der Waals surface area contributed by atoms with Gasteiger partial charge in [-0.1, -0.05) is 0 Å². The van der Waals surface area contributed by atoms with Crippen LogP contribution in [-0.2, 0) is 0 Å². The van der Waals surface area contributed by atoms with Gasteiger partial charge >= 0.3 is 0 Å². The van der Waals surface area contributed by atoms with Gasteiger partial charge in [0.15, 0.2) is 0 Å². The lowest BCUT2D eigenvalue weighted by Crippen LogP contribution is -2.21. The van der Waals surface area contributed by atoms with Crippen LogP contribution in [-0.4, -0.2) is 16.8 Å². The lowest BCUT2D eigenvalue weighted by molar-refractivity contribution is 0.1000. The van der Waals surface area contributed by atoms with E-state index in [1.807, 2.05) is 0 Å². The molecule has 4 N–H and O–H groups in total. The Labute approximate surface area is 68.5 Å². The Bertz CT molecular complexity index is 379. The number of rotatable bonds is 2. The Morgan fingerprint density at radius 1 is 1.58 bits per heavy atom. The fourth-order valence-corrected chi connectivity index (χ4v) is 0.770. The number of amides is 1. The molecule has 1 aromatic heterocycles. The van der Waals surface area contributed by atoms with Gasteiger partial charge in [-0.2, -0.15) is 0 Å². The number of pyridine rings is 1. The van der Waals surface area contributed by atoms with Crippen LogP contribution in [0, 0.1) is 10.8 Å². The molecule has 0 saturated carbocycles. The first-order valence-electron chi connectivity index (χ1n) is 3.22. The van der Waals surface area contributed by atoms with Crippen LogP contribution < -0.4 is 11.2 Å². The van der Waals surface area contributed by atoms with Gasteiger partial charge in [0.25, 0.3) is 0 Å². The Kier molecular flexibility index (Phi) is 2.05. The molecule has 5 nitrogen and oxygen atoms in total. The van der Waals surface area contributed by atoms with Crippen LogP contribution >= 0.6 is 0 Å². The third kappa shape index (κ3) is 1.39. The zero-order valence-corrected chi connectivity index (χ0v) is 6.24. The maximum Gasteiger partial charge on any atom is 0.250 e. The molecule has 0 saturated heterocycles. The maximum absolute atomic E-state index is 10.7. The van der Waals surface area contributed by atoms with Crippen molar-refractivity contribution in [2.24, 2.45) is 5.73 Å². The predicted molar refractivity (Wildman–Crippen MR) is 43.0 cm³/mol.